The van der Waals surface area contributed by atoms with Gasteiger partial charge in [-0.3, -0.25) is 10.5 Å². The molecule has 0 fully saturated rings. The number of alkyl halides is 2. The molecule has 0 aliphatic carbocycles. The zero-order chi connectivity index (χ0) is 10.7. The Labute approximate surface area is 105 Å². The molecule has 15 heavy (non-hydrogen) atoms. The van der Waals surface area contributed by atoms with Gasteiger partial charge in [0.2, 0.25) is 5.78 Å². The van der Waals surface area contributed by atoms with Crippen LogP contribution in [-0.2, 0) is 11.3 Å². The number of anilines is 1. The number of nitrogens with two attached hydrogens (primary N) is 1. The highest BCUT2D eigenvalue weighted by Crippen LogP contribution is 2.04. The normalized spacial score (nSPS) is 9.87. The van der Waals surface area contributed by atoms with Crippen LogP contribution in [0.3, 0.4) is 0 Å². The predicted molar refractivity (Wildman–Crippen MR) is 56.3 cm³/mol. The van der Waals surface area contributed by atoms with Crippen molar-refractivity contribution in [3.8, 4) is 0 Å². The van der Waals surface area contributed by atoms with Gasteiger partial charge in [-0.1, -0.05) is 23.2 Å². The van der Waals surface area contributed by atoms with Crippen molar-refractivity contribution in [1.29, 1.82) is 0 Å². The van der Waals surface area contributed by atoms with Crippen LogP contribution in [0.5, 0.6) is 0 Å². The van der Waals surface area contributed by atoms with Crippen LogP contribution in [0.1, 0.15) is 5.56 Å². The number of carbonyl (C=O) groups is 1. The zero-order valence-electron chi connectivity index (χ0n) is 8.08. The number of hydrogen-bond acceptors (Lipinski definition) is 2. The van der Waals surface area contributed by atoms with E-state index < -0.39 is 4.84 Å². The van der Waals surface area contributed by atoms with Crippen molar-refractivity contribution >= 4 is 34.8 Å². The summed E-state index contributed by atoms with van der Waals surface area (Å²) < 4.78 is 1.60. The number of ketones is 1. The summed E-state index contributed by atoms with van der Waals surface area (Å²) in [6.07, 6.45) is 1.73. The first-order valence-corrected chi connectivity index (χ1v) is 4.94. The minimum Gasteiger partial charge on any atom is -1.00 e. The van der Waals surface area contributed by atoms with E-state index in [0.717, 1.165) is 5.56 Å². The summed E-state index contributed by atoms with van der Waals surface area (Å²) in [6, 6.07) is 3.64. The van der Waals surface area contributed by atoms with Crippen LogP contribution >= 0.6 is 23.2 Å². The number of carbonyl (C=O) groups excluding carboxylic acids is 1. The second-order valence-corrected chi connectivity index (χ2v) is 4.12. The van der Waals surface area contributed by atoms with E-state index in [1.165, 1.54) is 0 Å². The standard InChI is InChI=1S/C9H10Cl2N2O.ClH/c1-6-2-3-13(8(12)4-6)5-7(14)9(10)11;/h2-4,9,12H,5H2,1H3;1H. The molecule has 0 saturated heterocycles. The van der Waals surface area contributed by atoms with Crippen molar-refractivity contribution in [3.63, 3.8) is 0 Å². The maximum absolute atomic E-state index is 11.2. The Morgan fingerprint density at radius 2 is 2.20 bits per heavy atom. The number of Topliss-reactive ketones (excluding diaryl/α,β-unsaturated/α-hetero) is 1. The largest absolute Gasteiger partial charge is 1.00 e. The molecule has 0 unspecified atom stereocenters. The highest BCUT2D eigenvalue weighted by molar-refractivity contribution is 6.53. The maximum atomic E-state index is 11.2. The highest BCUT2D eigenvalue weighted by atomic mass is 35.5. The molecule has 6 heteroatoms. The number of aromatic nitrogens is 1. The van der Waals surface area contributed by atoms with Gasteiger partial charge in [0, 0.05) is 6.07 Å². The molecule has 0 bridgehead atoms. The average Bonchev–Trinajstić information content (AvgIpc) is 2.09. The molecule has 0 atom stereocenters. The van der Waals surface area contributed by atoms with Crippen LogP contribution in [0, 0.1) is 6.92 Å². The third-order valence-electron chi connectivity index (χ3n) is 1.79. The lowest BCUT2D eigenvalue weighted by Crippen LogP contribution is -3.00. The second kappa shape index (κ2) is 6.16. The van der Waals surface area contributed by atoms with Crippen LogP contribution in [-0.4, -0.2) is 10.6 Å². The van der Waals surface area contributed by atoms with Crippen LogP contribution < -0.4 is 22.7 Å². The van der Waals surface area contributed by atoms with Crippen LogP contribution in [0.25, 0.3) is 0 Å². The van der Waals surface area contributed by atoms with E-state index in [0.29, 0.717) is 5.82 Å². The van der Waals surface area contributed by atoms with E-state index in [1.54, 1.807) is 16.8 Å². The molecule has 0 amide bonds. The molecule has 3 nitrogen and oxygen atoms in total. The summed E-state index contributed by atoms with van der Waals surface area (Å²) >= 11 is 10.8. The van der Waals surface area contributed by atoms with Crippen LogP contribution in [0.15, 0.2) is 18.3 Å². The summed E-state index contributed by atoms with van der Waals surface area (Å²) in [5.41, 5.74) is 6.74. The van der Waals surface area contributed by atoms with Gasteiger partial charge in [0.05, 0.1) is 6.20 Å². The smallest absolute Gasteiger partial charge is 0.272 e. The molecule has 0 aromatic carbocycles. The third kappa shape index (κ3) is 4.24. The topological polar surface area (TPSA) is 47.0 Å². The van der Waals surface area contributed by atoms with Crippen molar-refractivity contribution in [1.82, 2.24) is 0 Å². The number of rotatable bonds is 3. The Morgan fingerprint density at radius 3 is 2.67 bits per heavy atom. The maximum Gasteiger partial charge on any atom is 0.272 e. The second-order valence-electron chi connectivity index (χ2n) is 3.02. The lowest BCUT2D eigenvalue weighted by Gasteiger charge is -2.03. The minimum atomic E-state index is -0.997. The van der Waals surface area contributed by atoms with Gasteiger partial charge < -0.3 is 12.4 Å². The molecule has 1 aromatic heterocycles. The first-order valence-electron chi connectivity index (χ1n) is 4.07. The molecule has 0 radical (unpaired) electrons. The summed E-state index contributed by atoms with van der Waals surface area (Å²) in [7, 11) is 0. The summed E-state index contributed by atoms with van der Waals surface area (Å²) in [6.45, 7) is 2.03. The van der Waals surface area contributed by atoms with E-state index in [9.17, 15) is 4.79 Å². The Kier molecular flexibility index (Phi) is 5.95. The van der Waals surface area contributed by atoms with E-state index in [2.05, 4.69) is 0 Å². The number of nitrogen functional groups attached to an aromatic ring is 1. The fourth-order valence-corrected chi connectivity index (χ4v) is 1.18. The van der Waals surface area contributed by atoms with Crippen molar-refractivity contribution in [3.05, 3.63) is 23.9 Å². The summed E-state index contributed by atoms with van der Waals surface area (Å²) in [5.74, 6) is 0.251. The van der Waals surface area contributed by atoms with Gasteiger partial charge in [-0.2, -0.15) is 0 Å². The molecule has 2 N–H and O–H groups in total. The molecule has 0 aliphatic heterocycles. The van der Waals surface area contributed by atoms with Crippen molar-refractivity contribution in [2.45, 2.75) is 18.3 Å². The zero-order valence-corrected chi connectivity index (χ0v) is 10.4. The van der Waals surface area contributed by atoms with E-state index in [4.69, 9.17) is 28.9 Å². The van der Waals surface area contributed by atoms with Crippen molar-refractivity contribution in [2.24, 2.45) is 0 Å². The lowest BCUT2D eigenvalue weighted by molar-refractivity contribution is -0.669. The first kappa shape index (κ1) is 14.5. The first-order chi connectivity index (χ1) is 6.50. The van der Waals surface area contributed by atoms with Gasteiger partial charge in [0.1, 0.15) is 0 Å². The molecule has 1 aromatic rings. The summed E-state index contributed by atoms with van der Waals surface area (Å²) in [5, 5.41) is 0. The van der Waals surface area contributed by atoms with Gasteiger partial charge in [-0.25, -0.2) is 4.57 Å². The lowest BCUT2D eigenvalue weighted by atomic mass is 10.3. The van der Waals surface area contributed by atoms with Crippen molar-refractivity contribution < 1.29 is 21.8 Å². The molecule has 1 heterocycles. The van der Waals surface area contributed by atoms with Crippen molar-refractivity contribution in [2.75, 3.05) is 5.73 Å². The Morgan fingerprint density at radius 1 is 1.60 bits per heavy atom. The molecule has 84 valence electrons. The Hall–Kier alpha value is -0.510. The van der Waals surface area contributed by atoms with Gasteiger partial charge in [-0.05, 0) is 18.6 Å². The van der Waals surface area contributed by atoms with Crippen LogP contribution in [0.4, 0.5) is 5.82 Å². The Balaban J connectivity index is 0.00000196. The Bertz CT molecular complexity index is 355. The SMILES string of the molecule is Cc1cc[n+](CC(=O)C(Cl)Cl)c(N)c1.[Cl-]. The fourth-order valence-electron chi connectivity index (χ4n) is 1.04. The number of nitrogens with zero attached hydrogens (tertiary/aromatic N) is 1. The summed E-state index contributed by atoms with van der Waals surface area (Å²) in [4.78, 5) is 10.2. The predicted octanol–water partition coefficient (Wildman–Crippen LogP) is -1.76. The quantitative estimate of drug-likeness (QED) is 0.522. The van der Waals surface area contributed by atoms with E-state index >= 15 is 0 Å². The van der Waals surface area contributed by atoms with E-state index in [1.807, 2.05) is 13.0 Å². The van der Waals surface area contributed by atoms with Gasteiger partial charge in [0.15, 0.2) is 11.4 Å². The number of halogens is 3. The van der Waals surface area contributed by atoms with Gasteiger partial charge in [0.25, 0.3) is 5.82 Å². The van der Waals surface area contributed by atoms with E-state index in [-0.39, 0.29) is 24.7 Å². The monoisotopic (exact) mass is 268 g/mol. The van der Waals surface area contributed by atoms with Crippen LogP contribution in [0.2, 0.25) is 0 Å². The minimum absolute atomic E-state index is 0. The number of hydrogen-bond donors (Lipinski definition) is 1. The highest BCUT2D eigenvalue weighted by Gasteiger charge is 2.16. The number of pyridine rings is 1. The molecular weight excluding hydrogens is 258 g/mol. The fraction of sp³-hybridized carbons (Fsp3) is 0.333. The van der Waals surface area contributed by atoms with Gasteiger partial charge in [-0.15, -0.1) is 0 Å². The average molecular weight is 270 g/mol. The molecule has 1 rings (SSSR count). The molecular formula is C9H11Cl3N2O. The molecule has 0 saturated carbocycles. The third-order valence-corrected chi connectivity index (χ3v) is 2.28. The van der Waals surface area contributed by atoms with Gasteiger partial charge >= 0.3 is 0 Å². The molecule has 0 aliphatic rings. The molecule has 0 spiro atoms. The number of aryl methyl sites for hydroxylation is 1.